The van der Waals surface area contributed by atoms with Crippen molar-refractivity contribution in [2.75, 3.05) is 9.80 Å². The molecule has 0 amide bonds. The molecule has 57 heavy (non-hydrogen) atoms. The molecule has 0 aromatic heterocycles. The molecule has 0 saturated heterocycles. The van der Waals surface area contributed by atoms with Gasteiger partial charge >= 0.3 is 0 Å². The van der Waals surface area contributed by atoms with E-state index < -0.39 is 8.07 Å². The predicted molar refractivity (Wildman–Crippen MR) is 254 cm³/mol. The minimum atomic E-state index is -2.34. The Bertz CT molecular complexity index is 2200. The van der Waals surface area contributed by atoms with Gasteiger partial charge in [0.2, 0.25) is 0 Å². The van der Waals surface area contributed by atoms with Gasteiger partial charge in [0.25, 0.3) is 0 Å². The van der Waals surface area contributed by atoms with Crippen molar-refractivity contribution >= 4 is 64.7 Å². The third-order valence-corrected chi connectivity index (χ3v) is 18.0. The number of hydrogen-bond donors (Lipinski definition) is 0. The fourth-order valence-corrected chi connectivity index (χ4v) is 15.3. The van der Waals surface area contributed by atoms with E-state index in [1.165, 1.54) is 122 Å². The van der Waals surface area contributed by atoms with Crippen LogP contribution in [-0.4, -0.2) is 8.07 Å². The maximum Gasteiger partial charge on any atom is 0.119 e. The molecule has 0 spiro atoms. The van der Waals surface area contributed by atoms with Crippen LogP contribution >= 0.6 is 0 Å². The summed E-state index contributed by atoms with van der Waals surface area (Å²) in [5, 5.41) is 3.06. The molecule has 0 N–H and O–H groups in total. The van der Waals surface area contributed by atoms with Crippen LogP contribution in [0.5, 0.6) is 0 Å². The Balaban J connectivity index is 1.50. The number of hydrogen-bond acceptors (Lipinski definition) is 2. The Morgan fingerprint density at radius 3 is 0.825 bits per heavy atom. The third-order valence-electron chi connectivity index (χ3n) is 12.7. The van der Waals surface area contributed by atoms with Crippen molar-refractivity contribution in [1.82, 2.24) is 0 Å². The van der Waals surface area contributed by atoms with E-state index in [4.69, 9.17) is 0 Å². The molecule has 0 unspecified atom stereocenters. The Kier molecular flexibility index (Phi) is 10.8. The maximum atomic E-state index is 2.60. The first-order chi connectivity index (χ1) is 27.1. The molecule has 7 rings (SSSR count). The molecule has 0 atom stereocenters. The second-order valence-corrected chi connectivity index (χ2v) is 22.0. The van der Waals surface area contributed by atoms with Gasteiger partial charge in [-0.3, -0.25) is 0 Å². The van der Waals surface area contributed by atoms with E-state index in [0.717, 1.165) is 12.1 Å². The summed E-state index contributed by atoms with van der Waals surface area (Å²) in [6.45, 7) is 32.0. The highest BCUT2D eigenvalue weighted by atomic mass is 28.3. The maximum absolute atomic E-state index is 2.60. The summed E-state index contributed by atoms with van der Waals surface area (Å²) in [5.41, 5.74) is 25.9. The van der Waals surface area contributed by atoms with Gasteiger partial charge in [-0.05, 0) is 173 Å². The Morgan fingerprint density at radius 2 is 0.596 bits per heavy atom. The van der Waals surface area contributed by atoms with Crippen LogP contribution in [0.15, 0.2) is 84.9 Å². The molecular formula is C54H62N2Si. The Morgan fingerprint density at radius 1 is 0.351 bits per heavy atom. The zero-order valence-corrected chi connectivity index (χ0v) is 38.0. The van der Waals surface area contributed by atoms with E-state index in [1.54, 1.807) is 0 Å². The zero-order chi connectivity index (χ0) is 41.1. The molecule has 2 nitrogen and oxygen atoms in total. The van der Waals surface area contributed by atoms with Gasteiger partial charge in [-0.1, -0.05) is 121 Å². The molecule has 1 aliphatic rings. The quantitative estimate of drug-likeness (QED) is 0.142. The number of fused-ring (bicyclic) bond motifs is 2. The highest BCUT2D eigenvalue weighted by Gasteiger charge is 2.39. The molecular weight excluding hydrogens is 705 g/mol. The summed E-state index contributed by atoms with van der Waals surface area (Å²) in [4.78, 5) is 5.16. The van der Waals surface area contributed by atoms with Crippen LogP contribution in [0.25, 0.3) is 12.2 Å². The summed E-state index contributed by atoms with van der Waals surface area (Å²) < 4.78 is 0. The molecule has 3 heteroatoms. The normalized spacial score (nSPS) is 12.9. The fourth-order valence-electron chi connectivity index (χ4n) is 10.7. The van der Waals surface area contributed by atoms with Crippen molar-refractivity contribution in [3.05, 3.63) is 163 Å². The smallest absolute Gasteiger partial charge is 0.119 e. The SMILES string of the molecule is CC[Si]1(CC)c2cc(N(c3c(C)cc(C)cc3C)c3c(C)cc(C)cc3C)ccc2C=Cc2ccc(N(c3c(C)cc(C)cc3C)c3c(C)cc(C)cc3C)cc21. The first-order valence-electron chi connectivity index (χ1n) is 21.0. The lowest BCUT2D eigenvalue weighted by molar-refractivity contribution is 1.16. The van der Waals surface area contributed by atoms with Crippen LogP contribution in [0, 0.1) is 83.1 Å². The van der Waals surface area contributed by atoms with Crippen LogP contribution in [0.3, 0.4) is 0 Å². The average molecular weight is 767 g/mol. The molecule has 6 aromatic rings. The lowest BCUT2D eigenvalue weighted by Crippen LogP contribution is -2.58. The van der Waals surface area contributed by atoms with Gasteiger partial charge in [0, 0.05) is 11.4 Å². The summed E-state index contributed by atoms with van der Waals surface area (Å²) in [7, 11) is -2.34. The van der Waals surface area contributed by atoms with Crippen LogP contribution in [-0.2, 0) is 0 Å². The van der Waals surface area contributed by atoms with Crippen LogP contribution in [0.4, 0.5) is 34.1 Å². The Hall–Kier alpha value is -5.12. The van der Waals surface area contributed by atoms with E-state index in [0.29, 0.717) is 0 Å². The van der Waals surface area contributed by atoms with Crippen molar-refractivity contribution in [3.8, 4) is 0 Å². The number of aryl methyl sites for hydroxylation is 12. The summed E-state index contributed by atoms with van der Waals surface area (Å²) in [5.74, 6) is 0. The molecule has 0 saturated carbocycles. The first-order valence-corrected chi connectivity index (χ1v) is 23.4. The number of anilines is 6. The van der Waals surface area contributed by atoms with Crippen molar-refractivity contribution in [2.45, 2.75) is 109 Å². The fraction of sp³-hybridized carbons (Fsp3) is 0.296. The molecule has 6 aromatic carbocycles. The minimum absolute atomic E-state index is 1.12. The highest BCUT2D eigenvalue weighted by Crippen LogP contribution is 2.45. The highest BCUT2D eigenvalue weighted by molar-refractivity contribution is 7.03. The standard InChI is InChI=1S/C54H62N2Si/c1-15-57(16-2)49-31-47(55(51-37(7)23-33(3)24-38(51)8)52-39(9)25-34(4)26-40(52)10)21-19-45(49)17-18-46-20-22-48(32-50(46)57)56(53-41(11)27-35(5)28-42(53)12)54-43(13)29-36(6)30-44(54)14/h17-32H,15-16H2,1-14H3. The van der Waals surface area contributed by atoms with Crippen molar-refractivity contribution in [1.29, 1.82) is 0 Å². The van der Waals surface area contributed by atoms with Crippen LogP contribution < -0.4 is 20.2 Å². The topological polar surface area (TPSA) is 6.48 Å². The van der Waals surface area contributed by atoms with E-state index in [1.807, 2.05) is 0 Å². The summed E-state index contributed by atoms with van der Waals surface area (Å²) >= 11 is 0. The van der Waals surface area contributed by atoms with E-state index in [-0.39, 0.29) is 0 Å². The lowest BCUT2D eigenvalue weighted by Gasteiger charge is -2.37. The van der Waals surface area contributed by atoms with Gasteiger partial charge in [-0.25, -0.2) is 0 Å². The van der Waals surface area contributed by atoms with Gasteiger partial charge in [0.05, 0.1) is 22.7 Å². The van der Waals surface area contributed by atoms with Gasteiger partial charge in [0.15, 0.2) is 0 Å². The van der Waals surface area contributed by atoms with Gasteiger partial charge < -0.3 is 9.80 Å². The minimum Gasteiger partial charge on any atom is -0.309 e. The van der Waals surface area contributed by atoms with Crippen LogP contribution in [0.1, 0.15) is 91.7 Å². The van der Waals surface area contributed by atoms with E-state index in [2.05, 4.69) is 204 Å². The van der Waals surface area contributed by atoms with Crippen molar-refractivity contribution in [3.63, 3.8) is 0 Å². The van der Waals surface area contributed by atoms with E-state index >= 15 is 0 Å². The summed E-state index contributed by atoms with van der Waals surface area (Å²) in [6, 6.07) is 35.8. The number of nitrogens with zero attached hydrogens (tertiary/aromatic N) is 2. The second-order valence-electron chi connectivity index (χ2n) is 17.3. The third kappa shape index (κ3) is 6.99. The Labute approximate surface area is 344 Å². The average Bonchev–Trinajstić information content (AvgIpc) is 3.26. The van der Waals surface area contributed by atoms with Gasteiger partial charge in [-0.15, -0.1) is 0 Å². The molecule has 1 heterocycles. The largest absolute Gasteiger partial charge is 0.309 e. The zero-order valence-electron chi connectivity index (χ0n) is 37.0. The molecule has 0 aliphatic carbocycles. The monoisotopic (exact) mass is 766 g/mol. The summed E-state index contributed by atoms with van der Waals surface area (Å²) in [6.07, 6.45) is 4.79. The van der Waals surface area contributed by atoms with E-state index in [9.17, 15) is 0 Å². The molecule has 1 aliphatic heterocycles. The molecule has 0 fully saturated rings. The second kappa shape index (κ2) is 15.3. The molecule has 292 valence electrons. The molecule has 0 bridgehead atoms. The van der Waals surface area contributed by atoms with Gasteiger partial charge in [-0.2, -0.15) is 0 Å². The van der Waals surface area contributed by atoms with Crippen molar-refractivity contribution < 1.29 is 0 Å². The van der Waals surface area contributed by atoms with Crippen molar-refractivity contribution in [2.24, 2.45) is 0 Å². The van der Waals surface area contributed by atoms with Crippen LogP contribution in [0.2, 0.25) is 12.1 Å². The first kappa shape index (κ1) is 40.1. The predicted octanol–water partition coefficient (Wildman–Crippen LogP) is 14.4. The van der Waals surface area contributed by atoms with Gasteiger partial charge in [0.1, 0.15) is 8.07 Å². The number of rotatable bonds is 8. The molecule has 0 radical (unpaired) electrons. The lowest BCUT2D eigenvalue weighted by atomic mass is 9.98. The number of benzene rings is 6.